The van der Waals surface area contributed by atoms with Crippen molar-refractivity contribution in [3.63, 3.8) is 0 Å². The highest BCUT2D eigenvalue weighted by molar-refractivity contribution is 5.89. The van der Waals surface area contributed by atoms with E-state index in [1.165, 1.54) is 4.57 Å². The average molecular weight is 404 g/mol. The fourth-order valence-corrected chi connectivity index (χ4v) is 3.44. The summed E-state index contributed by atoms with van der Waals surface area (Å²) in [6.45, 7) is 0.923. The van der Waals surface area contributed by atoms with Gasteiger partial charge in [0.05, 0.1) is 24.2 Å². The lowest BCUT2D eigenvalue weighted by molar-refractivity contribution is -0.0802. The lowest BCUT2D eigenvalue weighted by Crippen LogP contribution is -2.42. The molecule has 0 radical (unpaired) electrons. The Kier molecular flexibility index (Phi) is 5.71. The van der Waals surface area contributed by atoms with Crippen LogP contribution in [0.3, 0.4) is 0 Å². The van der Waals surface area contributed by atoms with Crippen LogP contribution in [0.5, 0.6) is 0 Å². The Bertz CT molecular complexity index is 1120. The summed E-state index contributed by atoms with van der Waals surface area (Å²) in [5.41, 5.74) is 1.11. The Morgan fingerprint density at radius 2 is 1.83 bits per heavy atom. The highest BCUT2D eigenvalue weighted by Crippen LogP contribution is 2.30. The first-order valence-corrected chi connectivity index (χ1v) is 9.04. The molecule has 0 amide bonds. The molecule has 0 fully saturated rings. The molecule has 2 aliphatic rings. The number of aromatic amines is 1. The predicted octanol–water partition coefficient (Wildman–Crippen LogP) is -1.36. The van der Waals surface area contributed by atoms with E-state index in [4.69, 9.17) is 5.11 Å². The number of fused-ring (bicyclic) bond motifs is 2. The number of hydrogen-bond donors (Lipinski definition) is 5. The number of benzene rings is 1. The maximum absolute atomic E-state index is 12.3. The topological polar surface area (TPSA) is 152 Å². The second kappa shape index (κ2) is 7.91. The number of pyridine rings is 1. The first-order chi connectivity index (χ1) is 13.6. The van der Waals surface area contributed by atoms with Crippen molar-refractivity contribution in [1.82, 2.24) is 14.5 Å². The second-order valence-corrected chi connectivity index (χ2v) is 7.26. The number of nitrogens with one attached hydrogen (secondary N) is 1. The van der Waals surface area contributed by atoms with Crippen molar-refractivity contribution >= 4 is 16.6 Å². The Hall–Kier alpha value is -2.79. The van der Waals surface area contributed by atoms with Crippen molar-refractivity contribution in [2.24, 2.45) is 0 Å². The minimum Gasteiger partial charge on any atom is -0.394 e. The van der Waals surface area contributed by atoms with Gasteiger partial charge < -0.3 is 29.9 Å². The van der Waals surface area contributed by atoms with Gasteiger partial charge in [0.2, 0.25) is 0 Å². The molecule has 0 bridgehead atoms. The van der Waals surface area contributed by atoms with Gasteiger partial charge in [0.25, 0.3) is 5.56 Å². The number of aliphatic hydroxyl groups is 4. The zero-order valence-corrected chi connectivity index (χ0v) is 16.3. The smallest absolute Gasteiger partial charge is 0.349 e. The highest BCUT2D eigenvalue weighted by atomic mass is 16.4. The third-order valence-electron chi connectivity index (χ3n) is 4.93. The summed E-state index contributed by atoms with van der Waals surface area (Å²) in [4.78, 5) is 32.1. The van der Waals surface area contributed by atoms with E-state index in [-0.39, 0.29) is 17.9 Å². The summed E-state index contributed by atoms with van der Waals surface area (Å²) < 4.78 is 1.46. The maximum atomic E-state index is 12.3. The number of anilines is 1. The third-order valence-corrected chi connectivity index (χ3v) is 4.93. The quantitative estimate of drug-likeness (QED) is 0.316. The van der Waals surface area contributed by atoms with E-state index in [0.717, 1.165) is 11.3 Å². The summed E-state index contributed by atoms with van der Waals surface area (Å²) >= 11 is 0. The minimum atomic E-state index is -1.63. The third kappa shape index (κ3) is 3.87. The maximum Gasteiger partial charge on any atom is 0.349 e. The van der Waals surface area contributed by atoms with Crippen LogP contribution in [0.1, 0.15) is 5.56 Å². The van der Waals surface area contributed by atoms with Crippen LogP contribution in [0.2, 0.25) is 0 Å². The number of aliphatic hydroxyl groups excluding tert-OH is 4. The van der Waals surface area contributed by atoms with Gasteiger partial charge in [-0.15, -0.1) is 0 Å². The first kappa shape index (κ1) is 20.9. The number of aromatic nitrogens is 3. The molecule has 10 heteroatoms. The zero-order chi connectivity index (χ0) is 21.5. The summed E-state index contributed by atoms with van der Waals surface area (Å²) in [6.07, 6.45) is -4.67. The van der Waals surface area contributed by atoms with Crippen molar-refractivity contribution in [3.8, 4) is 11.4 Å². The van der Waals surface area contributed by atoms with Crippen LogP contribution in [-0.2, 0) is 6.54 Å². The van der Waals surface area contributed by atoms with E-state index in [1.807, 2.05) is 38.1 Å². The molecule has 3 atom stereocenters. The van der Waals surface area contributed by atoms with Crippen LogP contribution in [0, 0.1) is 6.92 Å². The lowest BCUT2D eigenvalue weighted by Gasteiger charge is -2.26. The molecule has 1 aromatic carbocycles. The zero-order valence-electron chi connectivity index (χ0n) is 16.3. The van der Waals surface area contributed by atoms with E-state index in [0.29, 0.717) is 10.9 Å². The lowest BCUT2D eigenvalue weighted by atomic mass is 10.0. The van der Waals surface area contributed by atoms with Crippen LogP contribution in [0.4, 0.5) is 5.69 Å². The van der Waals surface area contributed by atoms with Crippen molar-refractivity contribution in [3.05, 3.63) is 44.6 Å². The molecule has 0 saturated heterocycles. The van der Waals surface area contributed by atoms with Crippen molar-refractivity contribution in [1.29, 1.82) is 0 Å². The average Bonchev–Trinajstić information content (AvgIpc) is 2.66. The monoisotopic (exact) mass is 404 g/mol. The van der Waals surface area contributed by atoms with Crippen molar-refractivity contribution < 1.29 is 20.4 Å². The number of rotatable bonds is 6. The van der Waals surface area contributed by atoms with Gasteiger partial charge in [0, 0.05) is 19.8 Å². The molecular formula is C19H24N4O6. The summed E-state index contributed by atoms with van der Waals surface area (Å²) in [5, 5.41) is 39.8. The van der Waals surface area contributed by atoms with Crippen molar-refractivity contribution in [2.45, 2.75) is 31.8 Å². The molecule has 2 aliphatic heterocycles. The molecule has 0 unspecified atom stereocenters. The largest absolute Gasteiger partial charge is 0.394 e. The van der Waals surface area contributed by atoms with E-state index in [9.17, 15) is 24.9 Å². The first-order valence-electron chi connectivity index (χ1n) is 9.04. The van der Waals surface area contributed by atoms with Crippen molar-refractivity contribution in [2.75, 3.05) is 25.6 Å². The van der Waals surface area contributed by atoms with Gasteiger partial charge in [-0.2, -0.15) is 4.98 Å². The van der Waals surface area contributed by atoms with Crippen LogP contribution in [-0.4, -0.2) is 74.0 Å². The van der Waals surface area contributed by atoms with Gasteiger partial charge in [-0.25, -0.2) is 4.79 Å². The molecule has 10 nitrogen and oxygen atoms in total. The molecular weight excluding hydrogens is 380 g/mol. The fourth-order valence-electron chi connectivity index (χ4n) is 3.44. The highest BCUT2D eigenvalue weighted by Gasteiger charge is 2.27. The number of nitrogens with zero attached hydrogens (tertiary/aromatic N) is 3. The molecule has 156 valence electrons. The van der Waals surface area contributed by atoms with Crippen LogP contribution in [0.15, 0.2) is 27.8 Å². The van der Waals surface area contributed by atoms with E-state index in [2.05, 4.69) is 9.97 Å². The van der Waals surface area contributed by atoms with Gasteiger partial charge in [0.1, 0.15) is 18.3 Å². The molecule has 1 aromatic rings. The molecule has 0 aromatic heterocycles. The molecule has 5 N–H and O–H groups in total. The molecule has 0 aliphatic carbocycles. The minimum absolute atomic E-state index is 0.0459. The van der Waals surface area contributed by atoms with Crippen LogP contribution in [0.25, 0.3) is 22.3 Å². The predicted molar refractivity (Wildman–Crippen MR) is 107 cm³/mol. The van der Waals surface area contributed by atoms with Gasteiger partial charge >= 0.3 is 5.69 Å². The van der Waals surface area contributed by atoms with Crippen LogP contribution < -0.4 is 16.1 Å². The van der Waals surface area contributed by atoms with Gasteiger partial charge in [-0.05, 0) is 36.1 Å². The molecule has 3 rings (SSSR count). The van der Waals surface area contributed by atoms with E-state index < -0.39 is 36.2 Å². The second-order valence-electron chi connectivity index (χ2n) is 7.26. The molecule has 0 spiro atoms. The number of H-pyrrole nitrogens is 1. The molecule has 0 saturated carbocycles. The molecule has 2 heterocycles. The molecule has 29 heavy (non-hydrogen) atoms. The van der Waals surface area contributed by atoms with Crippen LogP contribution >= 0.6 is 0 Å². The Morgan fingerprint density at radius 3 is 2.45 bits per heavy atom. The summed E-state index contributed by atoms with van der Waals surface area (Å²) in [5.74, 6) is 0.0459. The Balaban J connectivity index is 2.31. The van der Waals surface area contributed by atoms with E-state index in [1.54, 1.807) is 6.07 Å². The SMILES string of the molecule is Cc1cc2cc3c(=O)[nH]c(=O)nc-3n(C[C@H](O)[C@H](O)[C@H](O)CO)c2cc1N(C)C. The van der Waals surface area contributed by atoms with Gasteiger partial charge in [0.15, 0.2) is 5.82 Å². The van der Waals surface area contributed by atoms with Gasteiger partial charge in [-0.1, -0.05) is 0 Å². The van der Waals surface area contributed by atoms with Gasteiger partial charge in [-0.3, -0.25) is 9.78 Å². The normalized spacial score (nSPS) is 14.9. The summed E-state index contributed by atoms with van der Waals surface area (Å²) in [7, 11) is 3.74. The fraction of sp³-hybridized carbons (Fsp3) is 0.421. The Morgan fingerprint density at radius 1 is 1.14 bits per heavy atom. The number of aryl methyl sites for hydroxylation is 1. The Labute approximate surface area is 165 Å². The standard InChI is InChI=1S/C19H24N4O6/c1-9-4-10-5-11-17(20-19(29)21-18(11)28)23(13(10)6-12(9)22(2)3)7-14(25)16(27)15(26)8-24/h4-6,14-16,24-27H,7-8H2,1-3H3,(H,21,28,29)/t14-,15+,16-/m0/s1. The van der Waals surface area contributed by atoms with E-state index >= 15 is 0 Å². The summed E-state index contributed by atoms with van der Waals surface area (Å²) in [6, 6.07) is 5.32. The number of hydrogen-bond acceptors (Lipinski definition) is 8.